The molecule has 0 aliphatic heterocycles. The number of aromatic nitrogens is 3. The highest BCUT2D eigenvalue weighted by atomic mass is 15.1. The van der Waals surface area contributed by atoms with Crippen molar-refractivity contribution < 1.29 is 0 Å². The summed E-state index contributed by atoms with van der Waals surface area (Å²) in [6, 6.07) is 2.04. The lowest BCUT2D eigenvalue weighted by atomic mass is 9.98. The van der Waals surface area contributed by atoms with E-state index in [0.29, 0.717) is 0 Å². The summed E-state index contributed by atoms with van der Waals surface area (Å²) >= 11 is 0. The van der Waals surface area contributed by atoms with Crippen molar-refractivity contribution in [2.24, 2.45) is 5.73 Å². The molecule has 1 saturated carbocycles. The van der Waals surface area contributed by atoms with Crippen molar-refractivity contribution in [2.45, 2.75) is 51.1 Å². The Morgan fingerprint density at radius 1 is 1.39 bits per heavy atom. The molecule has 3 rings (SSSR count). The number of hydrogen-bond acceptors (Lipinski definition) is 3. The molecule has 0 radical (unpaired) electrons. The number of pyridine rings is 1. The van der Waals surface area contributed by atoms with E-state index in [2.05, 4.69) is 16.5 Å². The fourth-order valence-electron chi connectivity index (χ4n) is 3.04. The Morgan fingerprint density at radius 3 is 2.89 bits per heavy atom. The molecule has 0 amide bonds. The number of imidazole rings is 1. The molecule has 0 spiro atoms. The molecule has 0 bridgehead atoms. The van der Waals surface area contributed by atoms with Gasteiger partial charge in [-0.3, -0.25) is 4.98 Å². The molecule has 1 aliphatic rings. The second kappa shape index (κ2) is 4.35. The minimum atomic E-state index is -0.228. The minimum Gasteiger partial charge on any atom is -0.326 e. The molecule has 0 unspecified atom stereocenters. The lowest BCUT2D eigenvalue weighted by Gasteiger charge is -2.24. The molecule has 96 valence electrons. The summed E-state index contributed by atoms with van der Waals surface area (Å²) in [7, 11) is 0. The predicted octanol–water partition coefficient (Wildman–Crippen LogP) is 2.57. The molecule has 4 heteroatoms. The summed E-state index contributed by atoms with van der Waals surface area (Å²) < 4.78 is 2.29. The zero-order chi connectivity index (χ0) is 12.6. The Morgan fingerprint density at radius 2 is 2.17 bits per heavy atom. The van der Waals surface area contributed by atoms with Gasteiger partial charge in [0.1, 0.15) is 11.3 Å². The van der Waals surface area contributed by atoms with Crippen LogP contribution in [0.15, 0.2) is 18.5 Å². The molecule has 2 heterocycles. The van der Waals surface area contributed by atoms with Crippen molar-refractivity contribution in [2.75, 3.05) is 0 Å². The van der Waals surface area contributed by atoms with Crippen molar-refractivity contribution in [3.63, 3.8) is 0 Å². The van der Waals surface area contributed by atoms with Crippen LogP contribution >= 0.6 is 0 Å². The van der Waals surface area contributed by atoms with Crippen LogP contribution in [-0.4, -0.2) is 14.5 Å². The zero-order valence-electron chi connectivity index (χ0n) is 10.9. The van der Waals surface area contributed by atoms with Crippen LogP contribution in [0.1, 0.15) is 44.9 Å². The predicted molar refractivity (Wildman–Crippen MR) is 72.2 cm³/mol. The minimum absolute atomic E-state index is 0.228. The summed E-state index contributed by atoms with van der Waals surface area (Å²) in [5.41, 5.74) is 8.48. The van der Waals surface area contributed by atoms with Gasteiger partial charge >= 0.3 is 0 Å². The van der Waals surface area contributed by atoms with Gasteiger partial charge in [-0.05, 0) is 25.3 Å². The lowest BCUT2D eigenvalue weighted by molar-refractivity contribution is 0.409. The van der Waals surface area contributed by atoms with Gasteiger partial charge < -0.3 is 10.3 Å². The maximum atomic E-state index is 6.57. The van der Waals surface area contributed by atoms with E-state index in [1.54, 1.807) is 0 Å². The Bertz CT molecular complexity index is 552. The fraction of sp³-hybridized carbons (Fsp3) is 0.571. The molecule has 2 N–H and O–H groups in total. The van der Waals surface area contributed by atoms with Crippen molar-refractivity contribution in [1.82, 2.24) is 14.5 Å². The number of hydrogen-bond donors (Lipinski definition) is 1. The van der Waals surface area contributed by atoms with Crippen molar-refractivity contribution in [1.29, 1.82) is 0 Å². The molecule has 0 atom stereocenters. The quantitative estimate of drug-likeness (QED) is 0.902. The molecule has 2 aromatic rings. The van der Waals surface area contributed by atoms with E-state index in [4.69, 9.17) is 10.7 Å². The van der Waals surface area contributed by atoms with Crippen LogP contribution in [-0.2, 0) is 12.1 Å². The first-order chi connectivity index (χ1) is 8.74. The second-order valence-corrected chi connectivity index (χ2v) is 5.31. The number of aryl methyl sites for hydroxylation is 1. The summed E-state index contributed by atoms with van der Waals surface area (Å²) in [4.78, 5) is 8.92. The third kappa shape index (κ3) is 1.72. The summed E-state index contributed by atoms with van der Waals surface area (Å²) in [6.45, 7) is 3.17. The van der Waals surface area contributed by atoms with Crippen LogP contribution < -0.4 is 5.73 Å². The zero-order valence-corrected chi connectivity index (χ0v) is 10.9. The Kier molecular flexibility index (Phi) is 2.82. The van der Waals surface area contributed by atoms with Crippen molar-refractivity contribution >= 4 is 11.0 Å². The van der Waals surface area contributed by atoms with Crippen molar-refractivity contribution in [3.05, 3.63) is 24.3 Å². The maximum absolute atomic E-state index is 6.57. The van der Waals surface area contributed by atoms with Gasteiger partial charge in [-0.15, -0.1) is 0 Å². The lowest BCUT2D eigenvalue weighted by Crippen LogP contribution is -2.36. The van der Waals surface area contributed by atoms with Gasteiger partial charge in [-0.1, -0.05) is 19.8 Å². The number of rotatable bonds is 3. The third-order valence-electron chi connectivity index (χ3n) is 3.94. The average molecular weight is 244 g/mol. The average Bonchev–Trinajstić information content (AvgIpc) is 2.96. The molecule has 18 heavy (non-hydrogen) atoms. The fourth-order valence-corrected chi connectivity index (χ4v) is 3.04. The van der Waals surface area contributed by atoms with Crippen LogP contribution in [0.2, 0.25) is 0 Å². The topological polar surface area (TPSA) is 56.7 Å². The van der Waals surface area contributed by atoms with Gasteiger partial charge in [0.2, 0.25) is 0 Å². The summed E-state index contributed by atoms with van der Waals surface area (Å²) in [6.07, 6.45) is 9.28. The van der Waals surface area contributed by atoms with Gasteiger partial charge in [0, 0.05) is 12.7 Å². The number of nitrogens with zero attached hydrogens (tertiary/aromatic N) is 3. The molecule has 0 aromatic carbocycles. The largest absolute Gasteiger partial charge is 0.326 e. The van der Waals surface area contributed by atoms with Gasteiger partial charge in [0.25, 0.3) is 0 Å². The molecule has 4 nitrogen and oxygen atoms in total. The highest BCUT2D eigenvalue weighted by Gasteiger charge is 2.36. The molecular formula is C14H20N4. The smallest absolute Gasteiger partial charge is 0.130 e. The summed E-state index contributed by atoms with van der Waals surface area (Å²) in [5.74, 6) is 1.06. The van der Waals surface area contributed by atoms with E-state index in [-0.39, 0.29) is 5.54 Å². The summed E-state index contributed by atoms with van der Waals surface area (Å²) in [5, 5.41) is 0. The highest BCUT2D eigenvalue weighted by molar-refractivity contribution is 5.75. The van der Waals surface area contributed by atoms with E-state index >= 15 is 0 Å². The van der Waals surface area contributed by atoms with E-state index in [1.165, 1.54) is 18.4 Å². The molecule has 1 fully saturated rings. The van der Waals surface area contributed by atoms with E-state index in [1.807, 2.05) is 18.5 Å². The first kappa shape index (κ1) is 11.7. The normalized spacial score (nSPS) is 18.6. The van der Waals surface area contributed by atoms with Gasteiger partial charge in [-0.25, -0.2) is 4.98 Å². The van der Waals surface area contributed by atoms with E-state index in [9.17, 15) is 0 Å². The molecular weight excluding hydrogens is 224 g/mol. The monoisotopic (exact) mass is 244 g/mol. The van der Waals surface area contributed by atoms with Gasteiger partial charge in [-0.2, -0.15) is 0 Å². The Balaban J connectivity index is 2.18. The highest BCUT2D eigenvalue weighted by Crippen LogP contribution is 2.37. The first-order valence-corrected chi connectivity index (χ1v) is 6.84. The third-order valence-corrected chi connectivity index (χ3v) is 3.94. The van der Waals surface area contributed by atoms with Gasteiger partial charge in [0.15, 0.2) is 0 Å². The van der Waals surface area contributed by atoms with E-state index in [0.717, 1.165) is 37.1 Å². The maximum Gasteiger partial charge on any atom is 0.130 e. The van der Waals surface area contributed by atoms with Crippen LogP contribution in [0.5, 0.6) is 0 Å². The standard InChI is InChI=1S/C14H20N4/c1-2-9-18-12-5-8-16-10-11(12)17-13(18)14(15)6-3-4-7-14/h5,8,10H,2-4,6-7,9,15H2,1H3. The van der Waals surface area contributed by atoms with Crippen molar-refractivity contribution in [3.8, 4) is 0 Å². The number of fused-ring (bicyclic) bond motifs is 1. The SMILES string of the molecule is CCCn1c(C2(N)CCCC2)nc2cnccc21. The molecule has 2 aromatic heterocycles. The van der Waals surface area contributed by atoms with Crippen LogP contribution in [0.3, 0.4) is 0 Å². The Labute approximate surface area is 107 Å². The van der Waals surface area contributed by atoms with Crippen LogP contribution in [0.4, 0.5) is 0 Å². The van der Waals surface area contributed by atoms with Crippen LogP contribution in [0, 0.1) is 0 Å². The molecule has 0 saturated heterocycles. The van der Waals surface area contributed by atoms with E-state index < -0.39 is 0 Å². The first-order valence-electron chi connectivity index (χ1n) is 6.84. The number of nitrogens with two attached hydrogens (primary N) is 1. The van der Waals surface area contributed by atoms with Crippen LogP contribution in [0.25, 0.3) is 11.0 Å². The molecule has 1 aliphatic carbocycles. The second-order valence-electron chi connectivity index (χ2n) is 5.31. The Hall–Kier alpha value is -1.42. The van der Waals surface area contributed by atoms with Gasteiger partial charge in [0.05, 0.1) is 17.3 Å².